The Balaban J connectivity index is 1.55. The highest BCUT2D eigenvalue weighted by molar-refractivity contribution is 9.10. The van der Waals surface area contributed by atoms with Crippen LogP contribution in [-0.4, -0.2) is 12.1 Å². The minimum atomic E-state index is 0.342. The summed E-state index contributed by atoms with van der Waals surface area (Å²) in [4.78, 5) is 0. The first kappa shape index (κ1) is 16.9. The lowest BCUT2D eigenvalue weighted by molar-refractivity contribution is -0.118. The van der Waals surface area contributed by atoms with Gasteiger partial charge in [0.05, 0.1) is 6.61 Å². The van der Waals surface area contributed by atoms with Crippen molar-refractivity contribution in [3.63, 3.8) is 0 Å². The third-order valence-corrected chi connectivity index (χ3v) is 7.10. The van der Waals surface area contributed by atoms with Crippen molar-refractivity contribution in [3.8, 4) is 5.75 Å². The zero-order valence-corrected chi connectivity index (χ0v) is 16.8. The van der Waals surface area contributed by atoms with E-state index < -0.39 is 0 Å². The molecule has 0 saturated heterocycles. The molecular weight excluding hydrogens is 362 g/mol. The summed E-state index contributed by atoms with van der Waals surface area (Å²) in [6.07, 6.45) is 8.41. The lowest BCUT2D eigenvalue weighted by Gasteiger charge is -2.65. The molecule has 0 radical (unpaired) electrons. The second-order valence-corrected chi connectivity index (χ2v) is 10.4. The Morgan fingerprint density at radius 1 is 1.12 bits per heavy atom. The molecule has 4 saturated carbocycles. The Hall–Kier alpha value is -0.540. The van der Waals surface area contributed by atoms with Gasteiger partial charge in [-0.05, 0) is 80.4 Å². The Morgan fingerprint density at radius 2 is 1.83 bits per heavy atom. The summed E-state index contributed by atoms with van der Waals surface area (Å²) in [6.45, 7) is 8.76. The van der Waals surface area contributed by atoms with E-state index in [0.29, 0.717) is 16.4 Å². The van der Waals surface area contributed by atoms with Gasteiger partial charge in [0.1, 0.15) is 5.75 Å². The second-order valence-electron chi connectivity index (χ2n) is 9.45. The number of hydrogen-bond donors (Lipinski definition) is 1. The number of halogens is 1. The Kier molecular flexibility index (Phi) is 4.04. The van der Waals surface area contributed by atoms with Crippen LogP contribution in [0.25, 0.3) is 0 Å². The summed E-state index contributed by atoms with van der Waals surface area (Å²) >= 11 is 3.61. The van der Waals surface area contributed by atoms with Crippen molar-refractivity contribution in [2.45, 2.75) is 71.4 Å². The molecule has 1 aromatic rings. The van der Waals surface area contributed by atoms with Crippen LogP contribution in [0.2, 0.25) is 0 Å². The summed E-state index contributed by atoms with van der Waals surface area (Å²) in [6, 6.07) is 6.37. The molecular formula is C21H30BrNO. The quantitative estimate of drug-likeness (QED) is 0.696. The van der Waals surface area contributed by atoms with Gasteiger partial charge in [0.25, 0.3) is 0 Å². The van der Waals surface area contributed by atoms with Gasteiger partial charge in [-0.1, -0.05) is 29.8 Å². The molecule has 4 bridgehead atoms. The van der Waals surface area contributed by atoms with E-state index in [1.165, 1.54) is 44.1 Å². The van der Waals surface area contributed by atoms with E-state index in [-0.39, 0.29) is 0 Å². The minimum Gasteiger partial charge on any atom is -0.494 e. The Morgan fingerprint density at radius 3 is 2.46 bits per heavy atom. The van der Waals surface area contributed by atoms with Gasteiger partial charge in [0, 0.05) is 22.1 Å². The van der Waals surface area contributed by atoms with Crippen molar-refractivity contribution in [2.75, 3.05) is 6.61 Å². The van der Waals surface area contributed by atoms with E-state index in [0.717, 1.165) is 29.3 Å². The van der Waals surface area contributed by atoms with Crippen molar-refractivity contribution >= 4 is 15.9 Å². The summed E-state index contributed by atoms with van der Waals surface area (Å²) in [5.74, 6) is 1.95. The van der Waals surface area contributed by atoms with Crippen LogP contribution in [0.1, 0.15) is 64.9 Å². The molecule has 5 rings (SSSR count). The summed E-state index contributed by atoms with van der Waals surface area (Å²) in [5, 5.41) is 4.02. The zero-order chi connectivity index (χ0) is 17.0. The first-order chi connectivity index (χ1) is 11.3. The number of nitrogens with one attached hydrogen (secondary N) is 1. The van der Waals surface area contributed by atoms with Gasteiger partial charge in [-0.2, -0.15) is 0 Å². The van der Waals surface area contributed by atoms with Crippen molar-refractivity contribution in [2.24, 2.45) is 16.7 Å². The predicted molar refractivity (Wildman–Crippen MR) is 102 cm³/mol. The molecule has 2 atom stereocenters. The van der Waals surface area contributed by atoms with E-state index >= 15 is 0 Å². The lowest BCUT2D eigenvalue weighted by atomic mass is 9.43. The van der Waals surface area contributed by atoms with Gasteiger partial charge < -0.3 is 10.1 Å². The first-order valence-corrected chi connectivity index (χ1v) is 10.3. The molecule has 3 heteroatoms. The van der Waals surface area contributed by atoms with E-state index in [2.05, 4.69) is 60.2 Å². The molecule has 0 heterocycles. The molecule has 4 fully saturated rings. The van der Waals surface area contributed by atoms with Gasteiger partial charge >= 0.3 is 0 Å². The van der Waals surface area contributed by atoms with Crippen molar-refractivity contribution < 1.29 is 4.74 Å². The average Bonchev–Trinajstić information content (AvgIpc) is 2.44. The van der Waals surface area contributed by atoms with E-state index in [1.807, 2.05) is 0 Å². The van der Waals surface area contributed by atoms with Gasteiger partial charge in [-0.15, -0.1) is 0 Å². The average molecular weight is 392 g/mol. The fourth-order valence-corrected chi connectivity index (χ4v) is 7.32. The van der Waals surface area contributed by atoms with Crippen LogP contribution in [0.15, 0.2) is 22.7 Å². The SMILES string of the molecule is CCOc1ccc(Br)cc1CNC12CC3CC(C)(CC(C)(C3)C1)C2. The highest BCUT2D eigenvalue weighted by atomic mass is 79.9. The predicted octanol–water partition coefficient (Wildman–Crippen LogP) is 5.69. The summed E-state index contributed by atoms with van der Waals surface area (Å²) in [7, 11) is 0. The Bertz CT molecular complexity index is 625. The van der Waals surface area contributed by atoms with Crippen LogP contribution in [-0.2, 0) is 6.54 Å². The van der Waals surface area contributed by atoms with Gasteiger partial charge in [-0.25, -0.2) is 0 Å². The minimum absolute atomic E-state index is 0.342. The van der Waals surface area contributed by atoms with Crippen LogP contribution >= 0.6 is 15.9 Å². The molecule has 24 heavy (non-hydrogen) atoms. The highest BCUT2D eigenvalue weighted by Crippen LogP contribution is 2.66. The standard InChI is InChI=1S/C21H30BrNO/c1-4-24-18-6-5-17(22)7-16(18)11-23-21-10-15-8-19(2,13-21)12-20(3,9-15)14-21/h5-7,15,23H,4,8-14H2,1-3H3. The summed E-state index contributed by atoms with van der Waals surface area (Å²) < 4.78 is 6.97. The molecule has 1 N–H and O–H groups in total. The fraction of sp³-hybridized carbons (Fsp3) is 0.714. The smallest absolute Gasteiger partial charge is 0.123 e. The normalized spacial score (nSPS) is 40.1. The first-order valence-electron chi connectivity index (χ1n) is 9.49. The maximum absolute atomic E-state index is 5.84. The Labute approximate surface area is 154 Å². The van der Waals surface area contributed by atoms with Gasteiger partial charge in [-0.3, -0.25) is 0 Å². The van der Waals surface area contributed by atoms with Gasteiger partial charge in [0.15, 0.2) is 0 Å². The zero-order valence-electron chi connectivity index (χ0n) is 15.3. The van der Waals surface area contributed by atoms with E-state index in [9.17, 15) is 0 Å². The number of benzene rings is 1. The molecule has 2 nitrogen and oxygen atoms in total. The van der Waals surface area contributed by atoms with Crippen LogP contribution in [0.3, 0.4) is 0 Å². The van der Waals surface area contributed by atoms with Crippen molar-refractivity contribution in [1.29, 1.82) is 0 Å². The molecule has 132 valence electrons. The van der Waals surface area contributed by atoms with E-state index in [1.54, 1.807) is 0 Å². The second kappa shape index (κ2) is 5.74. The monoisotopic (exact) mass is 391 g/mol. The third-order valence-electron chi connectivity index (χ3n) is 6.60. The molecule has 4 aliphatic rings. The lowest BCUT2D eigenvalue weighted by Crippen LogP contribution is -2.63. The number of rotatable bonds is 5. The number of ether oxygens (including phenoxy) is 1. The molecule has 0 spiro atoms. The molecule has 0 aliphatic heterocycles. The van der Waals surface area contributed by atoms with Crippen molar-refractivity contribution in [3.05, 3.63) is 28.2 Å². The van der Waals surface area contributed by atoms with Crippen molar-refractivity contribution in [1.82, 2.24) is 5.32 Å². The van der Waals surface area contributed by atoms with Crippen LogP contribution in [0.5, 0.6) is 5.75 Å². The molecule has 0 amide bonds. The van der Waals surface area contributed by atoms with Crippen LogP contribution < -0.4 is 10.1 Å². The highest BCUT2D eigenvalue weighted by Gasteiger charge is 2.59. The molecule has 0 aromatic heterocycles. The molecule has 4 aliphatic carbocycles. The topological polar surface area (TPSA) is 21.3 Å². The van der Waals surface area contributed by atoms with Crippen LogP contribution in [0.4, 0.5) is 0 Å². The maximum atomic E-state index is 5.84. The molecule has 1 aromatic carbocycles. The molecule has 2 unspecified atom stereocenters. The third kappa shape index (κ3) is 3.03. The van der Waals surface area contributed by atoms with Gasteiger partial charge in [0.2, 0.25) is 0 Å². The largest absolute Gasteiger partial charge is 0.494 e. The van der Waals surface area contributed by atoms with Crippen LogP contribution in [0, 0.1) is 16.7 Å². The summed E-state index contributed by atoms with van der Waals surface area (Å²) in [5.41, 5.74) is 2.73. The van der Waals surface area contributed by atoms with E-state index in [4.69, 9.17) is 4.74 Å². The number of hydrogen-bond acceptors (Lipinski definition) is 2. The maximum Gasteiger partial charge on any atom is 0.123 e. The fourth-order valence-electron chi connectivity index (χ4n) is 6.91.